The van der Waals surface area contributed by atoms with Gasteiger partial charge in [-0.15, -0.1) is 0 Å². The van der Waals surface area contributed by atoms with E-state index in [0.29, 0.717) is 11.1 Å². The quantitative estimate of drug-likeness (QED) is 0.256. The number of nitrogens with zero attached hydrogens (tertiary/aromatic N) is 1. The lowest BCUT2D eigenvalue weighted by atomic mass is 10.0. The first-order chi connectivity index (χ1) is 16.5. The van der Waals surface area contributed by atoms with E-state index >= 15 is 0 Å². The predicted octanol–water partition coefficient (Wildman–Crippen LogP) is 0.870. The highest BCUT2D eigenvalue weighted by Gasteiger charge is 2.21. The van der Waals surface area contributed by atoms with Crippen molar-refractivity contribution in [1.29, 1.82) is 0 Å². The van der Waals surface area contributed by atoms with Crippen molar-refractivity contribution in [2.45, 2.75) is 25.0 Å². The fourth-order valence-corrected chi connectivity index (χ4v) is 4.42. The Morgan fingerprint density at radius 3 is 2.37 bits per heavy atom. The van der Waals surface area contributed by atoms with E-state index in [4.69, 9.17) is 5.11 Å². The topological polar surface area (TPSA) is 168 Å². The Balaban J connectivity index is 1.48. The van der Waals surface area contributed by atoms with Crippen LogP contribution in [0.3, 0.4) is 0 Å². The van der Waals surface area contributed by atoms with Crippen LogP contribution in [0.1, 0.15) is 34.9 Å². The number of carbonyl (C=O) groups excluding carboxylic acids is 1. The highest BCUT2D eigenvalue weighted by atomic mass is 32.2. The molecule has 2 aromatic rings. The number of carboxylic acid groups (broad SMARTS) is 1. The molecule has 1 saturated heterocycles. The van der Waals surface area contributed by atoms with Gasteiger partial charge in [-0.05, 0) is 54.8 Å². The van der Waals surface area contributed by atoms with Crippen molar-refractivity contribution in [1.82, 2.24) is 10.6 Å². The van der Waals surface area contributed by atoms with E-state index in [2.05, 4.69) is 20.3 Å². The summed E-state index contributed by atoms with van der Waals surface area (Å²) < 4.78 is 25.1. The minimum atomic E-state index is -3.57. The van der Waals surface area contributed by atoms with Crippen molar-refractivity contribution in [3.8, 4) is 5.75 Å². The third kappa shape index (κ3) is 7.84. The standard InChI is InChI=1S/C23H30N4O7S/c1-35(33,34)26-19-12-16(4-7-20(19)28)21(29)13-24-17-8-10-27(11-9-17)18-5-2-15(3-6-18)23(32)25-14-22(30)31/h2-7,12,17,21,24,26,28-29H,8-11,13-14H2,1H3,(H,25,32)(H,30,31). The molecule has 0 aromatic heterocycles. The van der Waals surface area contributed by atoms with Gasteiger partial charge in [-0.1, -0.05) is 6.07 Å². The van der Waals surface area contributed by atoms with Gasteiger partial charge in [-0.25, -0.2) is 8.42 Å². The van der Waals surface area contributed by atoms with Gasteiger partial charge in [0.25, 0.3) is 5.91 Å². The Morgan fingerprint density at radius 2 is 1.77 bits per heavy atom. The lowest BCUT2D eigenvalue weighted by Gasteiger charge is -2.34. The van der Waals surface area contributed by atoms with Crippen LogP contribution in [-0.2, 0) is 14.8 Å². The monoisotopic (exact) mass is 506 g/mol. The van der Waals surface area contributed by atoms with E-state index in [1.165, 1.54) is 12.1 Å². The van der Waals surface area contributed by atoms with Gasteiger partial charge >= 0.3 is 5.97 Å². The number of piperidine rings is 1. The maximum Gasteiger partial charge on any atom is 0.322 e. The molecule has 12 heteroatoms. The highest BCUT2D eigenvalue weighted by Crippen LogP contribution is 2.28. The summed E-state index contributed by atoms with van der Waals surface area (Å²) in [6.45, 7) is 1.40. The summed E-state index contributed by atoms with van der Waals surface area (Å²) in [5, 5.41) is 34.7. The Bertz CT molecular complexity index is 1150. The molecule has 11 nitrogen and oxygen atoms in total. The smallest absolute Gasteiger partial charge is 0.322 e. The van der Waals surface area contributed by atoms with Crippen LogP contribution in [0.15, 0.2) is 42.5 Å². The number of carboxylic acids is 1. The third-order valence-corrected chi connectivity index (χ3v) is 6.28. The van der Waals surface area contributed by atoms with Crippen LogP contribution in [0.4, 0.5) is 11.4 Å². The number of hydrogen-bond donors (Lipinski definition) is 6. The van der Waals surface area contributed by atoms with Crippen LogP contribution in [0.5, 0.6) is 5.75 Å². The number of phenols is 1. The predicted molar refractivity (Wildman–Crippen MR) is 131 cm³/mol. The molecule has 1 fully saturated rings. The molecule has 1 aliphatic heterocycles. The number of benzene rings is 2. The van der Waals surface area contributed by atoms with Gasteiger partial charge in [0.1, 0.15) is 12.3 Å². The summed E-state index contributed by atoms with van der Waals surface area (Å²) in [6, 6.07) is 11.5. The average molecular weight is 507 g/mol. The Kier molecular flexibility index (Phi) is 8.54. The summed E-state index contributed by atoms with van der Waals surface area (Å²) in [4.78, 5) is 24.7. The number of anilines is 2. The molecule has 1 amide bonds. The van der Waals surface area contributed by atoms with E-state index in [1.54, 1.807) is 18.2 Å². The molecule has 0 spiro atoms. The van der Waals surface area contributed by atoms with Gasteiger partial charge in [0, 0.05) is 36.9 Å². The van der Waals surface area contributed by atoms with Crippen LogP contribution in [0.25, 0.3) is 0 Å². The fraction of sp³-hybridized carbons (Fsp3) is 0.391. The SMILES string of the molecule is CS(=O)(=O)Nc1cc(C(O)CNC2CCN(c3ccc(C(=O)NCC(=O)O)cc3)CC2)ccc1O. The lowest BCUT2D eigenvalue weighted by Crippen LogP contribution is -2.43. The number of nitrogens with one attached hydrogen (secondary N) is 3. The molecule has 1 unspecified atom stereocenters. The molecular formula is C23H30N4O7S. The summed E-state index contributed by atoms with van der Waals surface area (Å²) in [6.07, 6.45) is 1.78. The number of carbonyl (C=O) groups is 2. The normalized spacial score (nSPS) is 15.4. The number of aromatic hydroxyl groups is 1. The molecule has 190 valence electrons. The van der Waals surface area contributed by atoms with Gasteiger partial charge in [0.2, 0.25) is 10.0 Å². The zero-order valence-electron chi connectivity index (χ0n) is 19.3. The first-order valence-corrected chi connectivity index (χ1v) is 13.0. The van der Waals surface area contributed by atoms with Crippen molar-refractivity contribution in [3.05, 3.63) is 53.6 Å². The number of aliphatic hydroxyl groups excluding tert-OH is 1. The van der Waals surface area contributed by atoms with Crippen molar-refractivity contribution < 1.29 is 33.3 Å². The first kappa shape index (κ1) is 26.3. The molecule has 6 N–H and O–H groups in total. The van der Waals surface area contributed by atoms with Crippen molar-refractivity contribution >= 4 is 33.3 Å². The second-order valence-corrected chi connectivity index (χ2v) is 10.2. The molecule has 0 aliphatic carbocycles. The van der Waals surface area contributed by atoms with Crippen LogP contribution in [0.2, 0.25) is 0 Å². The maximum absolute atomic E-state index is 11.9. The highest BCUT2D eigenvalue weighted by molar-refractivity contribution is 7.92. The molecular weight excluding hydrogens is 476 g/mol. The number of amides is 1. The molecule has 1 atom stereocenters. The Hall–Kier alpha value is -3.35. The summed E-state index contributed by atoms with van der Waals surface area (Å²) in [5.41, 5.74) is 1.85. The van der Waals surface area contributed by atoms with Crippen molar-refractivity contribution in [3.63, 3.8) is 0 Å². The second-order valence-electron chi connectivity index (χ2n) is 8.46. The van der Waals surface area contributed by atoms with Crippen molar-refractivity contribution in [2.24, 2.45) is 0 Å². The van der Waals surface area contributed by atoms with Gasteiger partial charge < -0.3 is 30.9 Å². The zero-order valence-corrected chi connectivity index (χ0v) is 20.1. The van der Waals surface area contributed by atoms with E-state index in [0.717, 1.165) is 37.9 Å². The Labute approximate surface area is 203 Å². The van der Waals surface area contributed by atoms with Crippen LogP contribution >= 0.6 is 0 Å². The van der Waals surface area contributed by atoms with Gasteiger partial charge in [0.05, 0.1) is 18.0 Å². The minimum absolute atomic E-state index is 0.0164. The molecule has 0 radical (unpaired) electrons. The molecule has 0 bridgehead atoms. The second kappa shape index (κ2) is 11.4. The number of phenolic OH excluding ortho intramolecular Hbond substituents is 1. The molecule has 1 aliphatic rings. The lowest BCUT2D eigenvalue weighted by molar-refractivity contribution is -0.135. The first-order valence-electron chi connectivity index (χ1n) is 11.1. The molecule has 2 aromatic carbocycles. The van der Waals surface area contributed by atoms with Gasteiger partial charge in [0.15, 0.2) is 0 Å². The zero-order chi connectivity index (χ0) is 25.6. The van der Waals surface area contributed by atoms with Crippen LogP contribution in [0, 0.1) is 0 Å². The minimum Gasteiger partial charge on any atom is -0.506 e. The molecule has 35 heavy (non-hydrogen) atoms. The van der Waals surface area contributed by atoms with E-state index in [9.17, 15) is 28.2 Å². The summed E-state index contributed by atoms with van der Waals surface area (Å²) in [7, 11) is -3.57. The largest absolute Gasteiger partial charge is 0.506 e. The van der Waals surface area contributed by atoms with E-state index < -0.39 is 34.5 Å². The van der Waals surface area contributed by atoms with E-state index in [-0.39, 0.29) is 24.0 Å². The number of sulfonamides is 1. The average Bonchev–Trinajstić information content (AvgIpc) is 2.82. The van der Waals surface area contributed by atoms with Crippen LogP contribution < -0.4 is 20.3 Å². The van der Waals surface area contributed by atoms with Gasteiger partial charge in [-0.3, -0.25) is 14.3 Å². The number of aliphatic carboxylic acids is 1. The summed E-state index contributed by atoms with van der Waals surface area (Å²) >= 11 is 0. The number of hydrogen-bond acceptors (Lipinski definition) is 8. The van der Waals surface area contributed by atoms with E-state index in [1.807, 2.05) is 12.1 Å². The molecule has 0 saturated carbocycles. The number of aliphatic hydroxyl groups is 1. The Morgan fingerprint density at radius 1 is 1.11 bits per heavy atom. The summed E-state index contributed by atoms with van der Waals surface area (Å²) in [5.74, 6) is -1.76. The number of rotatable bonds is 10. The molecule has 3 rings (SSSR count). The maximum atomic E-state index is 11.9. The fourth-order valence-electron chi connectivity index (χ4n) is 3.86. The van der Waals surface area contributed by atoms with Gasteiger partial charge in [-0.2, -0.15) is 0 Å². The molecule has 1 heterocycles. The third-order valence-electron chi connectivity index (χ3n) is 5.69. The van der Waals surface area contributed by atoms with Crippen molar-refractivity contribution in [2.75, 3.05) is 42.1 Å². The van der Waals surface area contributed by atoms with Crippen LogP contribution in [-0.4, -0.2) is 74.1 Å².